The molecule has 0 bridgehead atoms. The highest BCUT2D eigenvalue weighted by molar-refractivity contribution is 6.31. The second-order valence-electron chi connectivity index (χ2n) is 5.14. The van der Waals surface area contributed by atoms with E-state index in [1.165, 1.54) is 0 Å². The van der Waals surface area contributed by atoms with Gasteiger partial charge in [-0.25, -0.2) is 4.98 Å². The van der Waals surface area contributed by atoms with Gasteiger partial charge < -0.3 is 9.72 Å². The number of nitrogens with zero attached hydrogens (tertiary/aromatic N) is 1. The van der Waals surface area contributed by atoms with Gasteiger partial charge in [-0.3, -0.25) is 0 Å². The number of aromatic amines is 1. The molecule has 3 nitrogen and oxygen atoms in total. The molecule has 0 amide bonds. The summed E-state index contributed by atoms with van der Waals surface area (Å²) in [5.41, 5.74) is 2.91. The maximum Gasteiger partial charge on any atom is 0.153 e. The number of nitrogens with one attached hydrogen (secondary N) is 1. The van der Waals surface area contributed by atoms with Crippen LogP contribution in [0.2, 0.25) is 5.02 Å². The number of allylic oxidation sites excluding steroid dienone is 1. The topological polar surface area (TPSA) is 37.9 Å². The third-order valence-corrected chi connectivity index (χ3v) is 3.72. The fourth-order valence-electron chi connectivity index (χ4n) is 2.38. The molecular formula is C18H17ClN2O. The van der Waals surface area contributed by atoms with E-state index < -0.39 is 0 Å². The SMILES string of the molecule is C=CCc1ccccc1OC(C)c1nc2ccc(Cl)cc2[nH]1. The molecule has 0 spiro atoms. The lowest BCUT2D eigenvalue weighted by Gasteiger charge is -2.15. The quantitative estimate of drug-likeness (QED) is 0.667. The highest BCUT2D eigenvalue weighted by Gasteiger charge is 2.14. The van der Waals surface area contributed by atoms with Crippen LogP contribution in [0.5, 0.6) is 5.75 Å². The molecule has 1 atom stereocenters. The van der Waals surface area contributed by atoms with E-state index in [2.05, 4.69) is 16.5 Å². The molecule has 112 valence electrons. The van der Waals surface area contributed by atoms with Crippen molar-refractivity contribution in [2.24, 2.45) is 0 Å². The summed E-state index contributed by atoms with van der Waals surface area (Å²) in [4.78, 5) is 7.83. The summed E-state index contributed by atoms with van der Waals surface area (Å²) in [5, 5.41) is 0.688. The van der Waals surface area contributed by atoms with E-state index in [1.807, 2.05) is 55.5 Å². The summed E-state index contributed by atoms with van der Waals surface area (Å²) < 4.78 is 6.07. The van der Waals surface area contributed by atoms with Crippen molar-refractivity contribution in [3.63, 3.8) is 0 Å². The van der Waals surface area contributed by atoms with Gasteiger partial charge in [-0.15, -0.1) is 6.58 Å². The van der Waals surface area contributed by atoms with Gasteiger partial charge >= 0.3 is 0 Å². The highest BCUT2D eigenvalue weighted by Crippen LogP contribution is 2.26. The zero-order chi connectivity index (χ0) is 15.5. The third kappa shape index (κ3) is 3.00. The largest absolute Gasteiger partial charge is 0.483 e. The monoisotopic (exact) mass is 312 g/mol. The van der Waals surface area contributed by atoms with Crippen LogP contribution in [-0.2, 0) is 6.42 Å². The van der Waals surface area contributed by atoms with Crippen LogP contribution >= 0.6 is 11.6 Å². The number of aromatic nitrogens is 2. The first-order valence-corrected chi connectivity index (χ1v) is 7.56. The lowest BCUT2D eigenvalue weighted by Crippen LogP contribution is -2.06. The fraction of sp³-hybridized carbons (Fsp3) is 0.167. The molecule has 0 aliphatic carbocycles. The molecule has 0 aliphatic rings. The molecule has 0 saturated heterocycles. The number of rotatable bonds is 5. The Bertz CT molecular complexity index is 810. The van der Waals surface area contributed by atoms with Gasteiger partial charge in [0.15, 0.2) is 6.10 Å². The molecule has 0 aliphatic heterocycles. The molecule has 1 aromatic heterocycles. The summed E-state index contributed by atoms with van der Waals surface area (Å²) >= 11 is 6.00. The Kier molecular flexibility index (Phi) is 4.16. The third-order valence-electron chi connectivity index (χ3n) is 3.49. The van der Waals surface area contributed by atoms with Crippen molar-refractivity contribution < 1.29 is 4.74 Å². The Balaban J connectivity index is 1.86. The molecule has 1 heterocycles. The van der Waals surface area contributed by atoms with Gasteiger partial charge in [0.1, 0.15) is 11.6 Å². The van der Waals surface area contributed by atoms with Gasteiger partial charge in [-0.2, -0.15) is 0 Å². The maximum absolute atomic E-state index is 6.07. The number of ether oxygens (including phenoxy) is 1. The van der Waals surface area contributed by atoms with Gasteiger partial charge in [-0.1, -0.05) is 35.9 Å². The predicted octanol–water partition coefficient (Wildman–Crippen LogP) is 5.08. The Hall–Kier alpha value is -2.26. The van der Waals surface area contributed by atoms with Gasteiger partial charge in [0.25, 0.3) is 0 Å². The van der Waals surface area contributed by atoms with Crippen molar-refractivity contribution in [3.8, 4) is 5.75 Å². The molecule has 3 aromatic rings. The van der Waals surface area contributed by atoms with Crippen LogP contribution in [0, 0.1) is 0 Å². The summed E-state index contributed by atoms with van der Waals surface area (Å²) in [6.07, 6.45) is 2.46. The van der Waals surface area contributed by atoms with Crippen molar-refractivity contribution in [1.29, 1.82) is 0 Å². The summed E-state index contributed by atoms with van der Waals surface area (Å²) in [5.74, 6) is 1.64. The number of benzene rings is 2. The smallest absolute Gasteiger partial charge is 0.153 e. The van der Waals surface area contributed by atoms with Crippen LogP contribution in [0.4, 0.5) is 0 Å². The minimum atomic E-state index is -0.183. The van der Waals surface area contributed by atoms with Gasteiger partial charge in [0, 0.05) is 5.02 Å². The minimum absolute atomic E-state index is 0.183. The standard InChI is InChI=1S/C18H17ClN2O/c1-3-6-13-7-4-5-8-17(13)22-12(2)18-20-15-10-9-14(19)11-16(15)21-18/h3-5,7-12H,1,6H2,2H3,(H,20,21). The van der Waals surface area contributed by atoms with Crippen LogP contribution in [0.15, 0.2) is 55.1 Å². The molecule has 22 heavy (non-hydrogen) atoms. The summed E-state index contributed by atoms with van der Waals surface area (Å²) in [6.45, 7) is 5.76. The van der Waals surface area contributed by atoms with Crippen LogP contribution < -0.4 is 4.74 Å². The van der Waals surface area contributed by atoms with Crippen LogP contribution in [0.3, 0.4) is 0 Å². The Morgan fingerprint density at radius 3 is 2.95 bits per heavy atom. The van der Waals surface area contributed by atoms with Crippen LogP contribution in [0.25, 0.3) is 11.0 Å². The van der Waals surface area contributed by atoms with E-state index >= 15 is 0 Å². The first-order valence-electron chi connectivity index (χ1n) is 7.18. The predicted molar refractivity (Wildman–Crippen MR) is 90.5 cm³/mol. The average molecular weight is 313 g/mol. The van der Waals surface area contributed by atoms with E-state index in [1.54, 1.807) is 0 Å². The number of hydrogen-bond donors (Lipinski definition) is 1. The van der Waals surface area contributed by atoms with E-state index in [9.17, 15) is 0 Å². The van der Waals surface area contributed by atoms with Crippen LogP contribution in [-0.4, -0.2) is 9.97 Å². The van der Waals surface area contributed by atoms with Crippen molar-refractivity contribution in [2.75, 3.05) is 0 Å². The second-order valence-corrected chi connectivity index (χ2v) is 5.58. The minimum Gasteiger partial charge on any atom is -0.483 e. The molecule has 1 N–H and O–H groups in total. The second kappa shape index (κ2) is 6.24. The van der Waals surface area contributed by atoms with E-state index in [4.69, 9.17) is 16.3 Å². The Labute approximate surface area is 134 Å². The van der Waals surface area contributed by atoms with E-state index in [-0.39, 0.29) is 6.10 Å². The number of imidazole rings is 1. The average Bonchev–Trinajstić information content (AvgIpc) is 2.92. The first-order chi connectivity index (χ1) is 10.7. The number of para-hydroxylation sites is 1. The lowest BCUT2D eigenvalue weighted by molar-refractivity contribution is 0.216. The number of fused-ring (bicyclic) bond motifs is 1. The van der Waals surface area contributed by atoms with Gasteiger partial charge in [0.05, 0.1) is 11.0 Å². The Morgan fingerprint density at radius 2 is 2.14 bits per heavy atom. The molecule has 0 fully saturated rings. The normalized spacial score (nSPS) is 12.3. The van der Waals surface area contributed by atoms with Crippen molar-refractivity contribution >= 4 is 22.6 Å². The molecule has 1 unspecified atom stereocenters. The highest BCUT2D eigenvalue weighted by atomic mass is 35.5. The fourth-order valence-corrected chi connectivity index (χ4v) is 2.56. The zero-order valence-corrected chi connectivity index (χ0v) is 13.1. The lowest BCUT2D eigenvalue weighted by atomic mass is 10.1. The number of H-pyrrole nitrogens is 1. The van der Waals surface area contributed by atoms with Crippen LogP contribution in [0.1, 0.15) is 24.4 Å². The number of halogens is 1. The summed E-state index contributed by atoms with van der Waals surface area (Å²) in [6, 6.07) is 13.6. The Morgan fingerprint density at radius 1 is 1.32 bits per heavy atom. The van der Waals surface area contributed by atoms with Crippen molar-refractivity contribution in [1.82, 2.24) is 9.97 Å². The molecule has 2 aromatic carbocycles. The van der Waals surface area contributed by atoms with Gasteiger partial charge in [-0.05, 0) is 43.2 Å². The maximum atomic E-state index is 6.07. The van der Waals surface area contributed by atoms with Gasteiger partial charge in [0.2, 0.25) is 0 Å². The van der Waals surface area contributed by atoms with Crippen molar-refractivity contribution in [3.05, 3.63) is 71.5 Å². The first kappa shape index (κ1) is 14.7. The van der Waals surface area contributed by atoms with E-state index in [0.717, 1.165) is 34.6 Å². The zero-order valence-electron chi connectivity index (χ0n) is 12.3. The van der Waals surface area contributed by atoms with E-state index in [0.29, 0.717) is 5.02 Å². The number of hydrogen-bond acceptors (Lipinski definition) is 2. The molecule has 0 radical (unpaired) electrons. The summed E-state index contributed by atoms with van der Waals surface area (Å²) in [7, 11) is 0. The molecule has 3 rings (SSSR count). The molecule has 4 heteroatoms. The molecular weight excluding hydrogens is 296 g/mol. The van der Waals surface area contributed by atoms with Crippen molar-refractivity contribution in [2.45, 2.75) is 19.4 Å². The molecule has 0 saturated carbocycles.